The Kier molecular flexibility index (Phi) is 5.26. The van der Waals surface area contributed by atoms with Crippen molar-refractivity contribution in [3.63, 3.8) is 0 Å². The molecule has 6 heteroatoms. The van der Waals surface area contributed by atoms with Crippen LogP contribution in [0.3, 0.4) is 0 Å². The zero-order valence-corrected chi connectivity index (χ0v) is 17.4. The quantitative estimate of drug-likeness (QED) is 0.820. The molecule has 5 rings (SSSR count). The lowest BCUT2D eigenvalue weighted by molar-refractivity contribution is -0.156. The van der Waals surface area contributed by atoms with Gasteiger partial charge in [0, 0.05) is 29.6 Å². The van der Waals surface area contributed by atoms with Gasteiger partial charge in [-0.15, -0.1) is 0 Å². The molecular weight excluding hydrogens is 395 g/mol. The number of nitrogens with zero attached hydrogens (tertiary/aromatic N) is 2. The number of anilines is 1. The monoisotopic (exact) mass is 422 g/mol. The molecule has 1 N–H and O–H groups in total. The minimum Gasteiger partial charge on any atom is -0.394 e. The van der Waals surface area contributed by atoms with Gasteiger partial charge in [0.2, 0.25) is 5.91 Å². The van der Waals surface area contributed by atoms with Crippen molar-refractivity contribution in [1.82, 2.24) is 4.90 Å². The van der Waals surface area contributed by atoms with Gasteiger partial charge in [0.15, 0.2) is 0 Å². The van der Waals surface area contributed by atoms with E-state index in [2.05, 4.69) is 0 Å². The Bertz CT molecular complexity index is 1000. The van der Waals surface area contributed by atoms with Crippen LogP contribution >= 0.6 is 0 Å². The van der Waals surface area contributed by atoms with Crippen molar-refractivity contribution < 1.29 is 19.1 Å². The molecule has 0 aromatic heterocycles. The molecule has 1 aliphatic carbocycles. The largest absolute Gasteiger partial charge is 0.394 e. The lowest BCUT2D eigenvalue weighted by atomic mass is 9.70. The molecule has 31 heavy (non-hydrogen) atoms. The zero-order chi connectivity index (χ0) is 21.5. The van der Waals surface area contributed by atoms with Gasteiger partial charge in [-0.1, -0.05) is 43.5 Å². The maximum absolute atomic E-state index is 13.8. The van der Waals surface area contributed by atoms with Gasteiger partial charge in [0.05, 0.1) is 18.7 Å². The molecule has 2 heterocycles. The third-order valence-electron chi connectivity index (χ3n) is 7.21. The fourth-order valence-electron chi connectivity index (χ4n) is 5.72. The third kappa shape index (κ3) is 3.33. The molecule has 5 nitrogen and oxygen atoms in total. The summed E-state index contributed by atoms with van der Waals surface area (Å²) in [5.41, 5.74) is 2.04. The van der Waals surface area contributed by atoms with Crippen LogP contribution in [-0.2, 0) is 4.79 Å². The number of fused-ring (bicyclic) bond motifs is 3. The van der Waals surface area contributed by atoms with Crippen molar-refractivity contribution in [1.29, 1.82) is 0 Å². The van der Waals surface area contributed by atoms with Crippen molar-refractivity contribution in [3.8, 4) is 0 Å². The summed E-state index contributed by atoms with van der Waals surface area (Å²) in [6.45, 7) is 0.262. The maximum atomic E-state index is 13.8. The Morgan fingerprint density at radius 3 is 2.55 bits per heavy atom. The highest BCUT2D eigenvalue weighted by atomic mass is 19.1. The van der Waals surface area contributed by atoms with Gasteiger partial charge in [-0.05, 0) is 42.7 Å². The zero-order valence-electron chi connectivity index (χ0n) is 17.4. The second kappa shape index (κ2) is 8.08. The molecule has 162 valence electrons. The number of hydrogen-bond donors (Lipinski definition) is 1. The smallest absolute Gasteiger partial charge is 0.258 e. The van der Waals surface area contributed by atoms with E-state index in [4.69, 9.17) is 0 Å². The van der Waals surface area contributed by atoms with Crippen LogP contribution in [0.2, 0.25) is 0 Å². The van der Waals surface area contributed by atoms with Crippen molar-refractivity contribution in [2.45, 2.75) is 50.1 Å². The molecule has 3 atom stereocenters. The van der Waals surface area contributed by atoms with Crippen molar-refractivity contribution in [2.24, 2.45) is 5.92 Å². The van der Waals surface area contributed by atoms with Crippen LogP contribution in [-0.4, -0.2) is 47.1 Å². The maximum Gasteiger partial charge on any atom is 0.258 e. The Labute approximate surface area is 181 Å². The average Bonchev–Trinajstić information content (AvgIpc) is 2.79. The van der Waals surface area contributed by atoms with Gasteiger partial charge >= 0.3 is 0 Å². The normalized spacial score (nSPS) is 25.4. The van der Waals surface area contributed by atoms with E-state index in [0.29, 0.717) is 6.54 Å². The highest BCUT2D eigenvalue weighted by Crippen LogP contribution is 2.49. The van der Waals surface area contributed by atoms with E-state index in [9.17, 15) is 19.1 Å². The van der Waals surface area contributed by atoms with E-state index < -0.39 is 5.82 Å². The highest BCUT2D eigenvalue weighted by Gasteiger charge is 2.56. The number of aliphatic hydroxyl groups excluding tert-OH is 1. The molecular formula is C25H27FN2O3. The van der Waals surface area contributed by atoms with E-state index in [1.54, 1.807) is 11.0 Å². The number of halogens is 1. The van der Waals surface area contributed by atoms with Crippen LogP contribution in [0.5, 0.6) is 0 Å². The number of hydrogen-bond acceptors (Lipinski definition) is 3. The lowest BCUT2D eigenvalue weighted by Crippen LogP contribution is -2.71. The summed E-state index contributed by atoms with van der Waals surface area (Å²) in [6.07, 6.45) is 5.09. The summed E-state index contributed by atoms with van der Waals surface area (Å²) < 4.78 is 13.8. The molecule has 0 bridgehead atoms. The molecule has 1 saturated carbocycles. The lowest BCUT2D eigenvalue weighted by Gasteiger charge is -2.59. The third-order valence-corrected chi connectivity index (χ3v) is 7.21. The van der Waals surface area contributed by atoms with Gasteiger partial charge in [-0.2, -0.15) is 0 Å². The summed E-state index contributed by atoms with van der Waals surface area (Å²) in [5.74, 6) is -0.605. The molecule has 2 aromatic carbocycles. The first-order valence-electron chi connectivity index (χ1n) is 11.2. The molecule has 1 saturated heterocycles. The first-order valence-corrected chi connectivity index (χ1v) is 11.2. The molecule has 3 aliphatic rings. The number of carbonyl (C=O) groups excluding carboxylic acids is 2. The highest BCUT2D eigenvalue weighted by molar-refractivity contribution is 6.07. The van der Waals surface area contributed by atoms with Crippen molar-refractivity contribution >= 4 is 17.5 Å². The number of carbonyl (C=O) groups is 2. The Morgan fingerprint density at radius 1 is 1.03 bits per heavy atom. The number of aliphatic hydroxyl groups is 1. The van der Waals surface area contributed by atoms with Gasteiger partial charge in [0.1, 0.15) is 5.82 Å². The molecule has 0 radical (unpaired) electrons. The minimum atomic E-state index is -0.452. The number of likely N-dealkylation sites (tertiary alicyclic amines) is 1. The Morgan fingerprint density at radius 2 is 1.81 bits per heavy atom. The SMILES string of the molecule is O=C(c1cccc(F)c1)N1C[C@@H]2[C@H](c3ccccc31)[C@H](CO)N2C(=O)C1CCCCC1. The summed E-state index contributed by atoms with van der Waals surface area (Å²) in [5, 5.41) is 10.1. The van der Waals surface area contributed by atoms with Gasteiger partial charge in [-0.25, -0.2) is 4.39 Å². The molecule has 2 amide bonds. The molecule has 2 aromatic rings. The van der Waals surface area contributed by atoms with E-state index in [1.807, 2.05) is 29.2 Å². The Hall–Kier alpha value is -2.73. The van der Waals surface area contributed by atoms with Crippen LogP contribution in [0, 0.1) is 11.7 Å². The molecule has 2 fully saturated rings. The number of amides is 2. The van der Waals surface area contributed by atoms with E-state index in [1.165, 1.54) is 24.6 Å². The second-order valence-electron chi connectivity index (χ2n) is 8.91. The summed E-state index contributed by atoms with van der Waals surface area (Å²) in [7, 11) is 0. The first kappa shape index (κ1) is 20.2. The van der Waals surface area contributed by atoms with E-state index >= 15 is 0 Å². The fraction of sp³-hybridized carbons (Fsp3) is 0.440. The van der Waals surface area contributed by atoms with Crippen LogP contribution in [0.4, 0.5) is 10.1 Å². The summed E-state index contributed by atoms with van der Waals surface area (Å²) in [4.78, 5) is 30.2. The minimum absolute atomic E-state index is 0.00491. The number of rotatable bonds is 3. The molecule has 0 unspecified atom stereocenters. The topological polar surface area (TPSA) is 60.9 Å². The predicted octanol–water partition coefficient (Wildman–Crippen LogP) is 3.72. The summed E-state index contributed by atoms with van der Waals surface area (Å²) >= 11 is 0. The fourth-order valence-corrected chi connectivity index (χ4v) is 5.72. The summed E-state index contributed by atoms with van der Waals surface area (Å²) in [6, 6.07) is 13.0. The van der Waals surface area contributed by atoms with Crippen LogP contribution in [0.25, 0.3) is 0 Å². The van der Waals surface area contributed by atoms with Crippen molar-refractivity contribution in [2.75, 3.05) is 18.1 Å². The first-order chi connectivity index (χ1) is 15.1. The average molecular weight is 423 g/mol. The number of para-hydroxylation sites is 1. The van der Waals surface area contributed by atoms with Crippen LogP contribution in [0.15, 0.2) is 48.5 Å². The predicted molar refractivity (Wildman–Crippen MR) is 115 cm³/mol. The Balaban J connectivity index is 1.49. The van der Waals surface area contributed by atoms with Gasteiger partial charge in [-0.3, -0.25) is 9.59 Å². The number of benzene rings is 2. The van der Waals surface area contributed by atoms with E-state index in [0.717, 1.165) is 36.9 Å². The standard InChI is InChI=1S/C25H27FN2O3/c26-18-10-6-9-17(13-18)24(30)27-14-21-23(19-11-4-5-12-20(19)27)22(15-29)28(21)25(31)16-7-2-1-3-8-16/h4-6,9-13,16,21-23,29H,1-3,7-8,14-15H2/t21-,22+,23+/m1/s1. The molecule has 2 aliphatic heterocycles. The van der Waals surface area contributed by atoms with Gasteiger partial charge < -0.3 is 14.9 Å². The van der Waals surface area contributed by atoms with E-state index in [-0.39, 0.29) is 47.9 Å². The van der Waals surface area contributed by atoms with Crippen molar-refractivity contribution in [3.05, 3.63) is 65.5 Å². The van der Waals surface area contributed by atoms with Gasteiger partial charge in [0.25, 0.3) is 5.91 Å². The second-order valence-corrected chi connectivity index (χ2v) is 8.91. The van der Waals surface area contributed by atoms with Crippen LogP contribution in [0.1, 0.15) is 53.9 Å². The van der Waals surface area contributed by atoms with Crippen LogP contribution < -0.4 is 4.90 Å². The molecule has 0 spiro atoms.